The molecular weight excluding hydrogens is 743 g/mol. The lowest BCUT2D eigenvalue weighted by Crippen LogP contribution is -2.26. The summed E-state index contributed by atoms with van der Waals surface area (Å²) < 4.78 is 2.61. The van der Waals surface area contributed by atoms with Gasteiger partial charge in [-0.25, -0.2) is 0 Å². The van der Waals surface area contributed by atoms with Crippen molar-refractivity contribution in [1.82, 2.24) is 0 Å². The predicted octanol–water partition coefficient (Wildman–Crippen LogP) is 15.8. The van der Waals surface area contributed by atoms with Crippen LogP contribution in [0.1, 0.15) is 47.2 Å². The molecule has 9 aromatic carbocycles. The summed E-state index contributed by atoms with van der Waals surface area (Å²) in [6.07, 6.45) is 0. The first-order chi connectivity index (χ1) is 29.5. The predicted molar refractivity (Wildman–Crippen MR) is 253 cm³/mol. The second kappa shape index (κ2) is 12.3. The molecule has 0 amide bonds. The van der Waals surface area contributed by atoms with E-state index < -0.39 is 5.41 Å². The molecule has 1 heterocycles. The number of benzene rings is 9. The van der Waals surface area contributed by atoms with Crippen molar-refractivity contribution in [3.05, 3.63) is 234 Å². The Morgan fingerprint density at radius 3 is 1.62 bits per heavy atom. The van der Waals surface area contributed by atoms with Crippen LogP contribution in [0.3, 0.4) is 0 Å². The molecule has 0 N–H and O–H groups in total. The molecule has 1 aromatic heterocycles. The zero-order valence-corrected chi connectivity index (χ0v) is 34.2. The Morgan fingerprint density at radius 1 is 0.400 bits per heavy atom. The highest BCUT2D eigenvalue weighted by molar-refractivity contribution is 7.26. The van der Waals surface area contributed by atoms with Crippen LogP contribution < -0.4 is 4.90 Å². The van der Waals surface area contributed by atoms with Crippen molar-refractivity contribution in [3.8, 4) is 44.5 Å². The summed E-state index contributed by atoms with van der Waals surface area (Å²) in [5.74, 6) is 0. The number of thiophene rings is 1. The maximum atomic E-state index is 2.59. The third-order valence-electron chi connectivity index (χ3n) is 13.9. The SMILES string of the molecule is CC1(C)c2ccccc2-c2ccc(N(c3ccc(-c4ccccc4)cc3)c3cc4c(c5c3sc3ccccc35)-c3ccccc3C43c4ccccc4-c4ccccc43)cc21. The van der Waals surface area contributed by atoms with E-state index in [0.29, 0.717) is 0 Å². The molecule has 0 fully saturated rings. The van der Waals surface area contributed by atoms with Crippen LogP contribution in [0.15, 0.2) is 200 Å². The van der Waals surface area contributed by atoms with Gasteiger partial charge in [0, 0.05) is 32.3 Å². The minimum atomic E-state index is -0.477. The van der Waals surface area contributed by atoms with Crippen molar-refractivity contribution >= 4 is 48.6 Å². The maximum Gasteiger partial charge on any atom is 0.0726 e. The van der Waals surface area contributed by atoms with Crippen molar-refractivity contribution in [2.75, 3.05) is 4.90 Å². The van der Waals surface area contributed by atoms with Crippen molar-refractivity contribution < 1.29 is 0 Å². The van der Waals surface area contributed by atoms with E-state index in [1.54, 1.807) is 0 Å². The van der Waals surface area contributed by atoms with Gasteiger partial charge in [0.15, 0.2) is 0 Å². The van der Waals surface area contributed by atoms with Gasteiger partial charge in [0.1, 0.15) is 0 Å². The minimum absolute atomic E-state index is 0.140. The van der Waals surface area contributed by atoms with E-state index in [4.69, 9.17) is 0 Å². The fourth-order valence-corrected chi connectivity index (χ4v) is 12.5. The lowest BCUT2D eigenvalue weighted by Gasteiger charge is -2.33. The maximum absolute atomic E-state index is 2.59. The van der Waals surface area contributed by atoms with Gasteiger partial charge in [-0.3, -0.25) is 0 Å². The number of rotatable bonds is 4. The molecule has 1 spiro atoms. The highest BCUT2D eigenvalue weighted by Crippen LogP contribution is 2.66. The highest BCUT2D eigenvalue weighted by atomic mass is 32.1. The number of nitrogens with zero attached hydrogens (tertiary/aromatic N) is 1. The lowest BCUT2D eigenvalue weighted by molar-refractivity contribution is 0.660. The number of hydrogen-bond acceptors (Lipinski definition) is 2. The first kappa shape index (κ1) is 33.9. The molecule has 0 saturated heterocycles. The summed E-state index contributed by atoms with van der Waals surface area (Å²) in [5.41, 5.74) is 21.5. The Bertz CT molecular complexity index is 3360. The zero-order valence-electron chi connectivity index (χ0n) is 33.4. The van der Waals surface area contributed by atoms with Gasteiger partial charge in [-0.1, -0.05) is 178 Å². The fraction of sp³-hybridized carbons (Fsp3) is 0.0690. The third-order valence-corrected chi connectivity index (χ3v) is 15.1. The largest absolute Gasteiger partial charge is 0.309 e. The van der Waals surface area contributed by atoms with Gasteiger partial charge in [0.2, 0.25) is 0 Å². The first-order valence-corrected chi connectivity index (χ1v) is 21.8. The third kappa shape index (κ3) is 4.36. The molecule has 0 bridgehead atoms. The molecule has 60 heavy (non-hydrogen) atoms. The molecule has 2 heteroatoms. The summed E-state index contributed by atoms with van der Waals surface area (Å²) in [5, 5.41) is 2.65. The molecule has 10 aromatic rings. The standard InChI is InChI=1S/C58H39NS/c1-57(2)46-23-11-6-18-40(46)43-33-32-39(34-50(43)57)59(38-30-28-37(29-31-38)36-16-4-3-5-17-36)52-35-51-54(55-45-22-10-15-27-53(45)60-56(52)55)44-21-9-14-26-49(44)58(51)47-24-12-7-19-41(47)42-20-8-13-25-48(42)58/h3-35H,1-2H3. The Balaban J connectivity index is 1.16. The Morgan fingerprint density at radius 2 is 0.917 bits per heavy atom. The quantitative estimate of drug-likeness (QED) is 0.172. The van der Waals surface area contributed by atoms with Crippen molar-refractivity contribution in [3.63, 3.8) is 0 Å². The summed E-state index contributed by atoms with van der Waals surface area (Å²) in [7, 11) is 0. The Labute approximate surface area is 354 Å². The Kier molecular flexibility index (Phi) is 6.94. The zero-order chi connectivity index (χ0) is 39.7. The van der Waals surface area contributed by atoms with Crippen LogP contribution in [0, 0.1) is 0 Å². The average Bonchev–Trinajstić information content (AvgIpc) is 3.99. The van der Waals surface area contributed by atoms with E-state index in [2.05, 4.69) is 219 Å². The normalized spacial score (nSPS) is 14.4. The smallest absolute Gasteiger partial charge is 0.0726 e. The van der Waals surface area contributed by atoms with Gasteiger partial charge in [-0.05, 0) is 114 Å². The number of anilines is 3. The van der Waals surface area contributed by atoms with Crippen LogP contribution in [-0.4, -0.2) is 0 Å². The molecule has 0 radical (unpaired) electrons. The highest BCUT2D eigenvalue weighted by Gasteiger charge is 2.52. The van der Waals surface area contributed by atoms with Gasteiger partial charge < -0.3 is 4.90 Å². The molecule has 3 aliphatic carbocycles. The lowest BCUT2D eigenvalue weighted by atomic mass is 9.70. The van der Waals surface area contributed by atoms with Crippen LogP contribution in [0.4, 0.5) is 17.1 Å². The molecule has 0 saturated carbocycles. The topological polar surface area (TPSA) is 3.24 Å². The minimum Gasteiger partial charge on any atom is -0.309 e. The van der Waals surface area contributed by atoms with E-state index in [1.165, 1.54) is 104 Å². The van der Waals surface area contributed by atoms with Crippen molar-refractivity contribution in [2.45, 2.75) is 24.7 Å². The van der Waals surface area contributed by atoms with E-state index in [1.807, 2.05) is 11.3 Å². The van der Waals surface area contributed by atoms with Gasteiger partial charge in [0.25, 0.3) is 0 Å². The molecule has 3 aliphatic rings. The first-order valence-electron chi connectivity index (χ1n) is 21.0. The van der Waals surface area contributed by atoms with Crippen molar-refractivity contribution in [2.24, 2.45) is 0 Å². The summed E-state index contributed by atoms with van der Waals surface area (Å²) in [6.45, 7) is 4.77. The molecule has 282 valence electrons. The van der Waals surface area contributed by atoms with E-state index in [-0.39, 0.29) is 5.41 Å². The summed E-state index contributed by atoms with van der Waals surface area (Å²) in [4.78, 5) is 2.57. The van der Waals surface area contributed by atoms with Gasteiger partial charge in [-0.15, -0.1) is 11.3 Å². The van der Waals surface area contributed by atoms with Gasteiger partial charge in [-0.2, -0.15) is 0 Å². The van der Waals surface area contributed by atoms with E-state index >= 15 is 0 Å². The van der Waals surface area contributed by atoms with Crippen LogP contribution in [0.2, 0.25) is 0 Å². The second-order valence-corrected chi connectivity index (χ2v) is 18.2. The number of hydrogen-bond donors (Lipinski definition) is 0. The van der Waals surface area contributed by atoms with Gasteiger partial charge >= 0.3 is 0 Å². The summed E-state index contributed by atoms with van der Waals surface area (Å²) >= 11 is 1.92. The molecule has 1 nitrogen and oxygen atoms in total. The molecule has 0 aliphatic heterocycles. The van der Waals surface area contributed by atoms with Crippen LogP contribution in [0.5, 0.6) is 0 Å². The monoisotopic (exact) mass is 781 g/mol. The molecule has 13 rings (SSSR count). The van der Waals surface area contributed by atoms with Gasteiger partial charge in [0.05, 0.1) is 15.8 Å². The molecular formula is C58H39NS. The molecule has 0 unspecified atom stereocenters. The second-order valence-electron chi connectivity index (χ2n) is 17.2. The van der Waals surface area contributed by atoms with E-state index in [0.717, 1.165) is 11.4 Å². The number of fused-ring (bicyclic) bond motifs is 17. The van der Waals surface area contributed by atoms with Crippen LogP contribution in [0.25, 0.3) is 64.7 Å². The van der Waals surface area contributed by atoms with Crippen LogP contribution >= 0.6 is 11.3 Å². The summed E-state index contributed by atoms with van der Waals surface area (Å²) in [6, 6.07) is 75.3. The van der Waals surface area contributed by atoms with Crippen LogP contribution in [-0.2, 0) is 10.8 Å². The van der Waals surface area contributed by atoms with Crippen molar-refractivity contribution in [1.29, 1.82) is 0 Å². The average molecular weight is 782 g/mol. The Hall–Kier alpha value is -7.00. The molecule has 0 atom stereocenters. The fourth-order valence-electron chi connectivity index (χ4n) is 11.3. The van der Waals surface area contributed by atoms with E-state index in [9.17, 15) is 0 Å².